The van der Waals surface area contributed by atoms with Gasteiger partial charge in [-0.1, -0.05) is 0 Å². The summed E-state index contributed by atoms with van der Waals surface area (Å²) in [5.74, 6) is -2.30. The summed E-state index contributed by atoms with van der Waals surface area (Å²) in [5, 5.41) is 0. The van der Waals surface area contributed by atoms with Crippen LogP contribution in [0.15, 0.2) is 12.3 Å². The number of aromatic nitrogens is 1. The van der Waals surface area contributed by atoms with Gasteiger partial charge < -0.3 is 0 Å². The van der Waals surface area contributed by atoms with Crippen LogP contribution in [-0.4, -0.2) is 4.98 Å². The smallest absolute Gasteiger partial charge is 0.225 e. The summed E-state index contributed by atoms with van der Waals surface area (Å²) < 4.78 is 47.9. The Labute approximate surface area is 59.7 Å². The lowest BCUT2D eigenvalue weighted by Crippen LogP contribution is -1.95. The van der Waals surface area contributed by atoms with E-state index in [0.717, 1.165) is 0 Å². The first kappa shape index (κ1) is 7.97. The Hall–Kier alpha value is -1.13. The van der Waals surface area contributed by atoms with E-state index in [2.05, 4.69) is 4.98 Å². The maximum absolute atomic E-state index is 12.3. The highest BCUT2D eigenvalue weighted by Crippen LogP contribution is 2.20. The molecular weight excluding hydrogens is 162 g/mol. The lowest BCUT2D eigenvalue weighted by atomic mass is 10.3. The molecule has 0 aromatic carbocycles. The van der Waals surface area contributed by atoms with Gasteiger partial charge in [0.05, 0.1) is 11.8 Å². The van der Waals surface area contributed by atoms with Gasteiger partial charge in [-0.25, -0.2) is 18.2 Å². The molecule has 0 spiro atoms. The van der Waals surface area contributed by atoms with Gasteiger partial charge in [0.15, 0.2) is 0 Å². The number of rotatable bonds is 1. The fraction of sp³-hybridized carbons (Fsp3) is 0.167. The standard InChI is InChI=1S/C6H3F4N/c7-3-1-4(5(8)9)6(10)11-2-3/h1-2,5H. The van der Waals surface area contributed by atoms with E-state index in [4.69, 9.17) is 0 Å². The number of pyridine rings is 1. The van der Waals surface area contributed by atoms with Gasteiger partial charge in [-0.3, -0.25) is 0 Å². The molecule has 0 bridgehead atoms. The van der Waals surface area contributed by atoms with Crippen molar-refractivity contribution in [2.24, 2.45) is 0 Å². The molecule has 11 heavy (non-hydrogen) atoms. The minimum atomic E-state index is -3.03. The van der Waals surface area contributed by atoms with E-state index in [1.165, 1.54) is 0 Å². The average Bonchev–Trinajstić information content (AvgIpc) is 1.94. The average molecular weight is 165 g/mol. The highest BCUT2D eigenvalue weighted by atomic mass is 19.3. The molecule has 1 aromatic rings. The third kappa shape index (κ3) is 1.66. The molecule has 60 valence electrons. The molecule has 0 aliphatic heterocycles. The first-order valence-corrected chi connectivity index (χ1v) is 2.70. The number of nitrogens with zero attached hydrogens (tertiary/aromatic N) is 1. The summed E-state index contributed by atoms with van der Waals surface area (Å²) in [6, 6.07) is 0.424. The van der Waals surface area contributed by atoms with Crippen LogP contribution in [0.3, 0.4) is 0 Å². The molecule has 0 radical (unpaired) electrons. The fourth-order valence-electron chi connectivity index (χ4n) is 0.591. The van der Waals surface area contributed by atoms with Gasteiger partial charge >= 0.3 is 0 Å². The van der Waals surface area contributed by atoms with Gasteiger partial charge in [0.2, 0.25) is 5.95 Å². The monoisotopic (exact) mass is 165 g/mol. The topological polar surface area (TPSA) is 12.9 Å². The van der Waals surface area contributed by atoms with Crippen molar-refractivity contribution in [1.82, 2.24) is 4.98 Å². The molecule has 0 unspecified atom stereocenters. The van der Waals surface area contributed by atoms with Crippen molar-refractivity contribution in [2.75, 3.05) is 0 Å². The lowest BCUT2D eigenvalue weighted by Gasteiger charge is -1.98. The Morgan fingerprint density at radius 3 is 2.36 bits per heavy atom. The van der Waals surface area contributed by atoms with Crippen LogP contribution >= 0.6 is 0 Å². The second-order valence-electron chi connectivity index (χ2n) is 1.83. The number of hydrogen-bond acceptors (Lipinski definition) is 1. The van der Waals surface area contributed by atoms with Crippen molar-refractivity contribution >= 4 is 0 Å². The predicted molar refractivity (Wildman–Crippen MR) is 29.1 cm³/mol. The number of hydrogen-bond donors (Lipinski definition) is 0. The van der Waals surface area contributed by atoms with Crippen molar-refractivity contribution in [3.8, 4) is 0 Å². The summed E-state index contributed by atoms with van der Waals surface area (Å²) >= 11 is 0. The van der Waals surface area contributed by atoms with E-state index in [0.29, 0.717) is 12.3 Å². The highest BCUT2D eigenvalue weighted by molar-refractivity contribution is 5.13. The van der Waals surface area contributed by atoms with Gasteiger partial charge in [0, 0.05) is 0 Å². The summed E-state index contributed by atoms with van der Waals surface area (Å²) in [6.45, 7) is 0. The summed E-state index contributed by atoms with van der Waals surface area (Å²) in [7, 11) is 0. The Morgan fingerprint density at radius 2 is 1.91 bits per heavy atom. The van der Waals surface area contributed by atoms with E-state index < -0.39 is 23.8 Å². The second-order valence-corrected chi connectivity index (χ2v) is 1.83. The van der Waals surface area contributed by atoms with Gasteiger partial charge in [-0.05, 0) is 6.07 Å². The van der Waals surface area contributed by atoms with Crippen LogP contribution in [0, 0.1) is 11.8 Å². The molecule has 1 heterocycles. The highest BCUT2D eigenvalue weighted by Gasteiger charge is 2.14. The summed E-state index contributed by atoms with van der Waals surface area (Å²) in [4.78, 5) is 2.78. The van der Waals surface area contributed by atoms with Gasteiger partial charge in [0.1, 0.15) is 5.82 Å². The van der Waals surface area contributed by atoms with E-state index in [1.807, 2.05) is 0 Å². The molecule has 0 aliphatic rings. The lowest BCUT2D eigenvalue weighted by molar-refractivity contribution is 0.144. The molecule has 0 N–H and O–H groups in total. The van der Waals surface area contributed by atoms with Crippen LogP contribution in [0.25, 0.3) is 0 Å². The zero-order valence-corrected chi connectivity index (χ0v) is 5.19. The Morgan fingerprint density at radius 1 is 1.27 bits per heavy atom. The minimum Gasteiger partial charge on any atom is -0.225 e. The normalized spacial score (nSPS) is 10.6. The van der Waals surface area contributed by atoms with E-state index >= 15 is 0 Å². The van der Waals surface area contributed by atoms with Gasteiger partial charge in [0.25, 0.3) is 6.43 Å². The van der Waals surface area contributed by atoms with Crippen LogP contribution in [0.1, 0.15) is 12.0 Å². The van der Waals surface area contributed by atoms with Crippen LogP contribution in [0.2, 0.25) is 0 Å². The minimum absolute atomic E-state index is 0.424. The predicted octanol–water partition coefficient (Wildman–Crippen LogP) is 2.30. The molecule has 1 aromatic heterocycles. The largest absolute Gasteiger partial charge is 0.268 e. The molecule has 0 amide bonds. The third-order valence-electron chi connectivity index (χ3n) is 1.07. The van der Waals surface area contributed by atoms with Crippen molar-refractivity contribution < 1.29 is 17.6 Å². The third-order valence-corrected chi connectivity index (χ3v) is 1.07. The van der Waals surface area contributed by atoms with E-state index in [1.54, 1.807) is 0 Å². The maximum atomic E-state index is 12.3. The van der Waals surface area contributed by atoms with Crippen molar-refractivity contribution in [2.45, 2.75) is 6.43 Å². The molecular formula is C6H3F4N. The van der Waals surface area contributed by atoms with Crippen LogP contribution in [-0.2, 0) is 0 Å². The summed E-state index contributed by atoms with van der Waals surface area (Å²) in [6.07, 6.45) is -2.49. The van der Waals surface area contributed by atoms with Crippen molar-refractivity contribution in [3.63, 3.8) is 0 Å². The SMILES string of the molecule is Fc1cnc(F)c(C(F)F)c1. The van der Waals surface area contributed by atoms with E-state index in [9.17, 15) is 17.6 Å². The van der Waals surface area contributed by atoms with Gasteiger partial charge in [-0.15, -0.1) is 0 Å². The van der Waals surface area contributed by atoms with E-state index in [-0.39, 0.29) is 0 Å². The molecule has 0 saturated carbocycles. The second kappa shape index (κ2) is 2.86. The van der Waals surface area contributed by atoms with Crippen molar-refractivity contribution in [1.29, 1.82) is 0 Å². The first-order valence-electron chi connectivity index (χ1n) is 2.70. The van der Waals surface area contributed by atoms with Crippen molar-refractivity contribution in [3.05, 3.63) is 29.6 Å². The molecule has 0 atom stereocenters. The Kier molecular flexibility index (Phi) is 2.07. The molecule has 1 nitrogen and oxygen atoms in total. The zero-order chi connectivity index (χ0) is 8.43. The zero-order valence-electron chi connectivity index (χ0n) is 5.19. The first-order chi connectivity index (χ1) is 5.11. The molecule has 1 rings (SSSR count). The van der Waals surface area contributed by atoms with Crippen LogP contribution < -0.4 is 0 Å². The Balaban J connectivity index is 3.13. The molecule has 0 fully saturated rings. The summed E-state index contributed by atoms with van der Waals surface area (Å²) in [5.41, 5.74) is -1.01. The fourth-order valence-corrected chi connectivity index (χ4v) is 0.591. The molecule has 0 saturated heterocycles. The number of alkyl halides is 2. The molecule has 5 heteroatoms. The van der Waals surface area contributed by atoms with Crippen LogP contribution in [0.5, 0.6) is 0 Å². The van der Waals surface area contributed by atoms with Crippen LogP contribution in [0.4, 0.5) is 17.6 Å². The number of halogens is 4. The quantitative estimate of drug-likeness (QED) is 0.459. The maximum Gasteiger partial charge on any atom is 0.268 e. The Bertz CT molecular complexity index is 261. The molecule has 0 aliphatic carbocycles. The van der Waals surface area contributed by atoms with Gasteiger partial charge in [-0.2, -0.15) is 4.39 Å².